The zero-order valence-electron chi connectivity index (χ0n) is 14.1. The molecule has 0 heterocycles. The largest absolute Gasteiger partial charge is 0.407 e. The number of amides is 1. The van der Waals surface area contributed by atoms with Gasteiger partial charge >= 0.3 is 6.18 Å². The van der Waals surface area contributed by atoms with Crippen LogP contribution < -0.4 is 10.6 Å². The molecule has 0 spiro atoms. The number of halogens is 3. The molecule has 0 aliphatic heterocycles. The van der Waals surface area contributed by atoms with Gasteiger partial charge in [0.25, 0.3) is 0 Å². The summed E-state index contributed by atoms with van der Waals surface area (Å²) < 4.78 is 39.7. The highest BCUT2D eigenvalue weighted by Crippen LogP contribution is 2.32. The molecule has 4 atom stereocenters. The van der Waals surface area contributed by atoms with Gasteiger partial charge in [-0.05, 0) is 23.8 Å². The Balaban J connectivity index is 1.93. The van der Waals surface area contributed by atoms with Crippen LogP contribution in [0.1, 0.15) is 44.7 Å². The van der Waals surface area contributed by atoms with Gasteiger partial charge in [0.15, 0.2) is 0 Å². The smallest absolute Gasteiger partial charge is 0.352 e. The second kappa shape index (κ2) is 8.01. The summed E-state index contributed by atoms with van der Waals surface area (Å²) in [5.41, 5.74) is 0.109. The minimum Gasteiger partial charge on any atom is -0.352 e. The highest BCUT2D eigenvalue weighted by molar-refractivity contribution is 5.78. The topological polar surface area (TPSA) is 41.1 Å². The number of hydrogen-bond acceptors (Lipinski definition) is 2. The van der Waals surface area contributed by atoms with E-state index in [0.717, 1.165) is 19.3 Å². The van der Waals surface area contributed by atoms with Crippen molar-refractivity contribution in [2.45, 2.75) is 51.4 Å². The van der Waals surface area contributed by atoms with Gasteiger partial charge in [0.05, 0.1) is 6.54 Å². The fourth-order valence-electron chi connectivity index (χ4n) is 3.31. The summed E-state index contributed by atoms with van der Waals surface area (Å²) in [4.78, 5) is 12.1. The van der Waals surface area contributed by atoms with Gasteiger partial charge in [-0.25, -0.2) is 0 Å². The van der Waals surface area contributed by atoms with E-state index >= 15 is 0 Å². The quantitative estimate of drug-likeness (QED) is 0.854. The number of benzene rings is 1. The molecule has 0 saturated heterocycles. The van der Waals surface area contributed by atoms with E-state index in [1.807, 2.05) is 0 Å². The Kier molecular flexibility index (Phi) is 6.27. The number of carbonyl (C=O) groups excluding carboxylic acids is 1. The molecule has 0 bridgehead atoms. The number of alkyl halides is 3. The first-order chi connectivity index (χ1) is 11.3. The van der Waals surface area contributed by atoms with Crippen molar-refractivity contribution in [3.63, 3.8) is 0 Å². The fraction of sp³-hybridized carbons (Fsp3) is 0.611. The number of hydrogen-bond donors (Lipinski definition) is 2. The first kappa shape index (κ1) is 18.8. The summed E-state index contributed by atoms with van der Waals surface area (Å²) in [6.07, 6.45) is -1.39. The van der Waals surface area contributed by atoms with E-state index in [2.05, 4.69) is 24.5 Å². The molecular formula is C18H25F3N2O. The first-order valence-electron chi connectivity index (χ1n) is 8.43. The Morgan fingerprint density at radius 2 is 1.88 bits per heavy atom. The van der Waals surface area contributed by atoms with Crippen molar-refractivity contribution in [3.8, 4) is 0 Å². The van der Waals surface area contributed by atoms with E-state index in [9.17, 15) is 18.0 Å². The maximum absolute atomic E-state index is 13.2. The lowest BCUT2D eigenvalue weighted by Crippen LogP contribution is -2.48. The summed E-state index contributed by atoms with van der Waals surface area (Å²) in [5.74, 6) is 0.477. The van der Waals surface area contributed by atoms with Gasteiger partial charge in [-0.1, -0.05) is 57.0 Å². The lowest BCUT2D eigenvalue weighted by molar-refractivity contribution is -0.158. The monoisotopic (exact) mass is 342 g/mol. The van der Waals surface area contributed by atoms with E-state index < -0.39 is 12.2 Å². The third-order valence-electron chi connectivity index (χ3n) is 4.98. The summed E-state index contributed by atoms with van der Waals surface area (Å²) >= 11 is 0. The normalized spacial score (nSPS) is 26.0. The molecular weight excluding hydrogens is 317 g/mol. The Labute approximate surface area is 141 Å². The molecule has 6 heteroatoms. The van der Waals surface area contributed by atoms with Gasteiger partial charge in [0.1, 0.15) is 6.04 Å². The summed E-state index contributed by atoms with van der Waals surface area (Å²) in [6, 6.07) is 5.80. The zero-order valence-corrected chi connectivity index (χ0v) is 14.1. The maximum atomic E-state index is 13.2. The van der Waals surface area contributed by atoms with Crippen molar-refractivity contribution in [1.82, 2.24) is 10.6 Å². The molecule has 1 amide bonds. The van der Waals surface area contributed by atoms with Crippen molar-refractivity contribution in [2.24, 2.45) is 11.8 Å². The Bertz CT molecular complexity index is 533. The average Bonchev–Trinajstić information content (AvgIpc) is 2.52. The van der Waals surface area contributed by atoms with Crippen molar-refractivity contribution in [3.05, 3.63) is 35.9 Å². The minimum absolute atomic E-state index is 0.0455. The van der Waals surface area contributed by atoms with Crippen LogP contribution in [-0.2, 0) is 4.79 Å². The number of nitrogens with one attached hydrogen (secondary N) is 2. The molecule has 0 radical (unpaired) electrons. The van der Waals surface area contributed by atoms with Crippen LogP contribution in [-0.4, -0.2) is 24.7 Å². The molecule has 1 fully saturated rings. The SMILES string of the molecule is CC1CCCC(NC(=O)CNC(c2ccccc2)C(F)(F)F)C1C. The van der Waals surface area contributed by atoms with Crippen LogP contribution in [0.3, 0.4) is 0 Å². The second-order valence-electron chi connectivity index (χ2n) is 6.71. The highest BCUT2D eigenvalue weighted by atomic mass is 19.4. The van der Waals surface area contributed by atoms with Crippen LogP contribution in [0.5, 0.6) is 0 Å². The zero-order chi connectivity index (χ0) is 17.7. The molecule has 2 rings (SSSR count). The van der Waals surface area contributed by atoms with Gasteiger partial charge in [0, 0.05) is 6.04 Å². The molecule has 24 heavy (non-hydrogen) atoms. The maximum Gasteiger partial charge on any atom is 0.407 e. The molecule has 0 aromatic heterocycles. The molecule has 4 unspecified atom stereocenters. The number of carbonyl (C=O) groups is 1. The van der Waals surface area contributed by atoms with E-state index in [-0.39, 0.29) is 24.1 Å². The van der Waals surface area contributed by atoms with Gasteiger partial charge < -0.3 is 5.32 Å². The molecule has 1 saturated carbocycles. The molecule has 1 aliphatic carbocycles. The third-order valence-corrected chi connectivity index (χ3v) is 4.98. The average molecular weight is 342 g/mol. The van der Waals surface area contributed by atoms with Crippen molar-refractivity contribution in [2.75, 3.05) is 6.54 Å². The van der Waals surface area contributed by atoms with E-state index in [4.69, 9.17) is 0 Å². The van der Waals surface area contributed by atoms with E-state index in [1.54, 1.807) is 18.2 Å². The Morgan fingerprint density at radius 1 is 1.21 bits per heavy atom. The summed E-state index contributed by atoms with van der Waals surface area (Å²) in [6.45, 7) is 3.89. The van der Waals surface area contributed by atoms with Crippen LogP contribution in [0, 0.1) is 11.8 Å². The van der Waals surface area contributed by atoms with Gasteiger partial charge in [-0.2, -0.15) is 13.2 Å². The Hall–Kier alpha value is -1.56. The van der Waals surface area contributed by atoms with Crippen LogP contribution in [0.15, 0.2) is 30.3 Å². The van der Waals surface area contributed by atoms with Gasteiger partial charge in [0.2, 0.25) is 5.91 Å². The third kappa shape index (κ3) is 4.97. The van der Waals surface area contributed by atoms with Crippen molar-refractivity contribution in [1.29, 1.82) is 0 Å². The highest BCUT2D eigenvalue weighted by Gasteiger charge is 2.40. The van der Waals surface area contributed by atoms with Crippen LogP contribution >= 0.6 is 0 Å². The summed E-state index contributed by atoms with van der Waals surface area (Å²) in [5, 5.41) is 5.24. The van der Waals surface area contributed by atoms with Crippen LogP contribution in [0.25, 0.3) is 0 Å². The molecule has 1 aliphatic rings. The number of rotatable bonds is 5. The first-order valence-corrected chi connectivity index (χ1v) is 8.43. The predicted molar refractivity (Wildman–Crippen MR) is 87.4 cm³/mol. The van der Waals surface area contributed by atoms with E-state index in [0.29, 0.717) is 11.8 Å². The lowest BCUT2D eigenvalue weighted by Gasteiger charge is -2.34. The van der Waals surface area contributed by atoms with Crippen LogP contribution in [0.4, 0.5) is 13.2 Å². The predicted octanol–water partition coefficient (Wildman–Crippen LogP) is 3.82. The molecule has 2 N–H and O–H groups in total. The van der Waals surface area contributed by atoms with Gasteiger partial charge in [-0.15, -0.1) is 0 Å². The molecule has 3 nitrogen and oxygen atoms in total. The fourth-order valence-corrected chi connectivity index (χ4v) is 3.31. The Morgan fingerprint density at radius 3 is 2.50 bits per heavy atom. The minimum atomic E-state index is -4.45. The van der Waals surface area contributed by atoms with Crippen molar-refractivity contribution >= 4 is 5.91 Å². The van der Waals surface area contributed by atoms with Gasteiger partial charge in [-0.3, -0.25) is 10.1 Å². The van der Waals surface area contributed by atoms with E-state index in [1.165, 1.54) is 12.1 Å². The summed E-state index contributed by atoms with van der Waals surface area (Å²) in [7, 11) is 0. The molecule has 134 valence electrons. The standard InChI is InChI=1S/C18H25F3N2O/c1-12-7-6-10-15(13(12)2)23-16(24)11-22-17(18(19,20)21)14-8-4-3-5-9-14/h3-5,8-9,12-13,15,17,22H,6-7,10-11H2,1-2H3,(H,23,24). The lowest BCUT2D eigenvalue weighted by atomic mass is 9.78. The molecule has 1 aromatic carbocycles. The van der Waals surface area contributed by atoms with Crippen molar-refractivity contribution < 1.29 is 18.0 Å². The van der Waals surface area contributed by atoms with Crippen LogP contribution in [0.2, 0.25) is 0 Å². The molecule has 1 aromatic rings. The second-order valence-corrected chi connectivity index (χ2v) is 6.71.